The Labute approximate surface area is 88.3 Å². The van der Waals surface area contributed by atoms with Crippen molar-refractivity contribution in [3.05, 3.63) is 24.3 Å². The van der Waals surface area contributed by atoms with Crippen LogP contribution in [-0.4, -0.2) is 29.5 Å². The highest BCUT2D eigenvalue weighted by Crippen LogP contribution is 1.99. The van der Waals surface area contributed by atoms with Crippen LogP contribution in [0.2, 0.25) is 0 Å². The molecule has 1 N–H and O–H groups in total. The van der Waals surface area contributed by atoms with Gasteiger partial charge in [-0.2, -0.15) is 8.42 Å². The average Bonchev–Trinajstić information content (AvgIpc) is 2.17. The lowest BCUT2D eigenvalue weighted by Crippen LogP contribution is -2.05. The van der Waals surface area contributed by atoms with E-state index in [1.165, 1.54) is 0 Å². The van der Waals surface area contributed by atoms with Gasteiger partial charge in [-0.3, -0.25) is 4.55 Å². The van der Waals surface area contributed by atoms with Crippen LogP contribution in [0.25, 0.3) is 0 Å². The summed E-state index contributed by atoms with van der Waals surface area (Å²) >= 11 is 0. The summed E-state index contributed by atoms with van der Waals surface area (Å²) in [7, 11) is -4.30. The van der Waals surface area contributed by atoms with Gasteiger partial charge in [0.2, 0.25) is 0 Å². The molecule has 0 aliphatic carbocycles. The number of unbranched alkanes of at least 4 members (excludes halogenated alkanes) is 1. The van der Waals surface area contributed by atoms with Gasteiger partial charge >= 0.3 is 10.4 Å². The van der Waals surface area contributed by atoms with Crippen molar-refractivity contribution >= 4 is 10.4 Å². The summed E-state index contributed by atoms with van der Waals surface area (Å²) in [5.41, 5.74) is 0. The van der Waals surface area contributed by atoms with Gasteiger partial charge in [-0.25, -0.2) is 14.2 Å². The Hall–Kier alpha value is -1.05. The van der Waals surface area contributed by atoms with Crippen LogP contribution in [0.4, 0.5) is 0 Å². The summed E-state index contributed by atoms with van der Waals surface area (Å²) in [6.07, 6.45) is 5.20. The van der Waals surface area contributed by atoms with Crippen LogP contribution in [0.5, 0.6) is 0 Å². The van der Waals surface area contributed by atoms with Crippen LogP contribution >= 0.6 is 0 Å². The van der Waals surface area contributed by atoms with Crippen molar-refractivity contribution in [2.75, 3.05) is 6.61 Å². The van der Waals surface area contributed by atoms with Crippen molar-refractivity contribution in [1.82, 2.24) is 9.97 Å². The molecule has 6 nitrogen and oxygen atoms in total. The highest BCUT2D eigenvalue weighted by atomic mass is 32.3. The quantitative estimate of drug-likeness (QED) is 0.571. The summed E-state index contributed by atoms with van der Waals surface area (Å²) in [5.74, 6) is 0.712. The number of rotatable bonds is 6. The van der Waals surface area contributed by atoms with E-state index < -0.39 is 10.4 Å². The monoisotopic (exact) mass is 232 g/mol. The lowest BCUT2D eigenvalue weighted by Gasteiger charge is -1.99. The maximum atomic E-state index is 10.2. The van der Waals surface area contributed by atoms with Gasteiger partial charge in [0, 0.05) is 18.8 Å². The molecule has 0 fully saturated rings. The first-order valence-corrected chi connectivity index (χ1v) is 5.82. The van der Waals surface area contributed by atoms with Crippen LogP contribution in [0.3, 0.4) is 0 Å². The summed E-state index contributed by atoms with van der Waals surface area (Å²) in [6, 6.07) is 1.73. The molecular formula is C8H12N2O4S. The van der Waals surface area contributed by atoms with Crippen molar-refractivity contribution in [1.29, 1.82) is 0 Å². The smallest absolute Gasteiger partial charge is 0.264 e. The molecule has 84 valence electrons. The molecule has 1 heterocycles. The molecule has 0 unspecified atom stereocenters. The predicted molar refractivity (Wildman–Crippen MR) is 52.5 cm³/mol. The Morgan fingerprint density at radius 2 is 1.93 bits per heavy atom. The topological polar surface area (TPSA) is 89.4 Å². The molecule has 0 atom stereocenters. The second-order valence-corrected chi connectivity index (χ2v) is 3.96. The highest BCUT2D eigenvalue weighted by molar-refractivity contribution is 7.80. The Morgan fingerprint density at radius 3 is 2.53 bits per heavy atom. The Bertz CT molecular complexity index is 379. The minimum absolute atomic E-state index is 0.0222. The van der Waals surface area contributed by atoms with Crippen molar-refractivity contribution < 1.29 is 17.2 Å². The van der Waals surface area contributed by atoms with Crippen LogP contribution in [0.1, 0.15) is 18.7 Å². The molecule has 7 heteroatoms. The molecule has 15 heavy (non-hydrogen) atoms. The molecule has 0 bridgehead atoms. The van der Waals surface area contributed by atoms with E-state index in [1.54, 1.807) is 18.5 Å². The summed E-state index contributed by atoms with van der Waals surface area (Å²) in [4.78, 5) is 8.01. The fraction of sp³-hybridized carbons (Fsp3) is 0.500. The van der Waals surface area contributed by atoms with Crippen LogP contribution in [0.15, 0.2) is 18.5 Å². The van der Waals surface area contributed by atoms with E-state index in [1.807, 2.05) is 0 Å². The molecule has 0 saturated carbocycles. The standard InChI is InChI=1S/C8H12N2O4S/c11-15(12,13)14-7-2-1-4-8-9-5-3-6-10-8/h3,5-6H,1-2,4,7H2,(H,11,12,13). The first kappa shape index (κ1) is 12.0. The summed E-state index contributed by atoms with van der Waals surface area (Å²) in [5, 5.41) is 0. The van der Waals surface area contributed by atoms with Gasteiger partial charge in [-0.1, -0.05) is 0 Å². The van der Waals surface area contributed by atoms with E-state index in [0.717, 1.165) is 0 Å². The molecule has 0 saturated heterocycles. The second-order valence-electron chi connectivity index (χ2n) is 2.87. The van der Waals surface area contributed by atoms with Crippen LogP contribution < -0.4 is 0 Å². The molecule has 0 aliphatic heterocycles. The van der Waals surface area contributed by atoms with E-state index in [2.05, 4.69) is 14.2 Å². The summed E-state index contributed by atoms with van der Waals surface area (Å²) in [6.45, 7) is -0.0222. The second kappa shape index (κ2) is 5.74. The van der Waals surface area contributed by atoms with Gasteiger partial charge in [-0.15, -0.1) is 0 Å². The Kier molecular flexibility index (Phi) is 4.60. The van der Waals surface area contributed by atoms with Crippen LogP contribution in [-0.2, 0) is 21.0 Å². The fourth-order valence-corrected chi connectivity index (χ4v) is 1.34. The maximum Gasteiger partial charge on any atom is 0.397 e. The minimum atomic E-state index is -4.30. The maximum absolute atomic E-state index is 10.2. The van der Waals surface area contributed by atoms with E-state index >= 15 is 0 Å². The number of aryl methyl sites for hydroxylation is 1. The number of hydrogen-bond donors (Lipinski definition) is 1. The fourth-order valence-electron chi connectivity index (χ4n) is 1.01. The predicted octanol–water partition coefficient (Wildman–Crippen LogP) is 0.619. The van der Waals surface area contributed by atoms with E-state index in [0.29, 0.717) is 25.1 Å². The van der Waals surface area contributed by atoms with Gasteiger partial charge in [-0.05, 0) is 18.9 Å². The van der Waals surface area contributed by atoms with Gasteiger partial charge < -0.3 is 0 Å². The molecule has 1 aromatic heterocycles. The first-order chi connectivity index (χ1) is 7.08. The average molecular weight is 232 g/mol. The third-order valence-corrected chi connectivity index (χ3v) is 2.11. The largest absolute Gasteiger partial charge is 0.397 e. The third-order valence-electron chi connectivity index (χ3n) is 1.65. The molecule has 1 rings (SSSR count). The molecule has 0 aliphatic rings. The zero-order valence-electron chi connectivity index (χ0n) is 8.04. The van der Waals surface area contributed by atoms with Crippen molar-refractivity contribution in [3.63, 3.8) is 0 Å². The summed E-state index contributed by atoms with van der Waals surface area (Å²) < 4.78 is 32.8. The zero-order valence-corrected chi connectivity index (χ0v) is 8.85. The number of nitrogens with zero attached hydrogens (tertiary/aromatic N) is 2. The molecule has 0 spiro atoms. The first-order valence-electron chi connectivity index (χ1n) is 4.46. The molecular weight excluding hydrogens is 220 g/mol. The minimum Gasteiger partial charge on any atom is -0.264 e. The SMILES string of the molecule is O=S(=O)(O)OCCCCc1ncccn1. The van der Waals surface area contributed by atoms with Gasteiger partial charge in [0.1, 0.15) is 5.82 Å². The van der Waals surface area contributed by atoms with Gasteiger partial charge in [0.15, 0.2) is 0 Å². The van der Waals surface area contributed by atoms with Crippen molar-refractivity contribution in [2.24, 2.45) is 0 Å². The molecule has 0 radical (unpaired) electrons. The zero-order chi connectivity index (χ0) is 11.1. The normalized spacial score (nSPS) is 11.5. The van der Waals surface area contributed by atoms with E-state index in [9.17, 15) is 8.42 Å². The lowest BCUT2D eigenvalue weighted by molar-refractivity contribution is 0.262. The van der Waals surface area contributed by atoms with E-state index in [-0.39, 0.29) is 6.61 Å². The Morgan fingerprint density at radius 1 is 1.27 bits per heavy atom. The number of hydrogen-bond acceptors (Lipinski definition) is 5. The van der Waals surface area contributed by atoms with Crippen molar-refractivity contribution in [3.8, 4) is 0 Å². The molecule has 0 amide bonds. The van der Waals surface area contributed by atoms with Crippen LogP contribution in [0, 0.1) is 0 Å². The van der Waals surface area contributed by atoms with Crippen molar-refractivity contribution in [2.45, 2.75) is 19.3 Å². The van der Waals surface area contributed by atoms with E-state index in [4.69, 9.17) is 4.55 Å². The van der Waals surface area contributed by atoms with Gasteiger partial charge in [0.05, 0.1) is 6.61 Å². The Balaban J connectivity index is 2.13. The third kappa shape index (κ3) is 6.10. The molecule has 0 aromatic carbocycles. The van der Waals surface area contributed by atoms with Gasteiger partial charge in [0.25, 0.3) is 0 Å². The molecule has 1 aromatic rings. The lowest BCUT2D eigenvalue weighted by atomic mass is 10.2. The highest BCUT2D eigenvalue weighted by Gasteiger charge is 2.03. The number of aromatic nitrogens is 2.